The number of imidazole rings is 1. The van der Waals surface area contributed by atoms with Gasteiger partial charge in [-0.25, -0.2) is 9.78 Å². The van der Waals surface area contributed by atoms with Crippen molar-refractivity contribution < 1.29 is 29.1 Å². The molecule has 11 N–H and O–H groups in total. The smallest absolute Gasteiger partial charge is 0.326 e. The van der Waals surface area contributed by atoms with Gasteiger partial charge >= 0.3 is 5.97 Å². The summed E-state index contributed by atoms with van der Waals surface area (Å²) in [7, 11) is 0. The maximum atomic E-state index is 13.6. The van der Waals surface area contributed by atoms with Crippen molar-refractivity contribution >= 4 is 35.6 Å². The lowest BCUT2D eigenvalue weighted by Gasteiger charge is -2.29. The van der Waals surface area contributed by atoms with E-state index < -0.39 is 47.9 Å². The van der Waals surface area contributed by atoms with E-state index >= 15 is 0 Å². The highest BCUT2D eigenvalue weighted by atomic mass is 16.4. The van der Waals surface area contributed by atoms with Crippen LogP contribution in [0.4, 0.5) is 0 Å². The van der Waals surface area contributed by atoms with E-state index in [9.17, 15) is 29.1 Å². The number of nitrogens with one attached hydrogen (secondary N) is 6. The molecule has 0 radical (unpaired) electrons. The molecule has 2 rings (SSSR count). The normalized spacial score (nSPS) is 17.8. The molecule has 16 heteroatoms. The van der Waals surface area contributed by atoms with Gasteiger partial charge in [0, 0.05) is 24.9 Å². The van der Waals surface area contributed by atoms with Crippen LogP contribution in [-0.2, 0) is 30.4 Å². The molecule has 0 saturated carbocycles. The number of carboxylic acids is 1. The lowest BCUT2D eigenvalue weighted by atomic mass is 9.96. The first-order valence-electron chi connectivity index (χ1n) is 15.5. The van der Waals surface area contributed by atoms with Gasteiger partial charge in [0.25, 0.3) is 0 Å². The Morgan fingerprint density at radius 2 is 1.69 bits per heavy atom. The number of nitrogens with zero attached hydrogens (tertiary/aromatic N) is 2. The fourth-order valence-corrected chi connectivity index (χ4v) is 4.96. The Labute approximate surface area is 263 Å². The number of amides is 4. The molecule has 0 aliphatic carbocycles. The largest absolute Gasteiger partial charge is 0.480 e. The van der Waals surface area contributed by atoms with Crippen LogP contribution >= 0.6 is 0 Å². The summed E-state index contributed by atoms with van der Waals surface area (Å²) in [5, 5.41) is 23.7. The number of aliphatic carboxylic acids is 1. The molecular formula is C29H50N10O6. The first-order chi connectivity index (χ1) is 21.3. The molecule has 1 aliphatic heterocycles. The number of rotatable bonds is 19. The average Bonchev–Trinajstić information content (AvgIpc) is 3.70. The van der Waals surface area contributed by atoms with E-state index in [2.05, 4.69) is 41.5 Å². The molecule has 16 nitrogen and oxygen atoms in total. The van der Waals surface area contributed by atoms with Crippen molar-refractivity contribution in [1.29, 1.82) is 0 Å². The number of carbonyl (C=O) groups is 5. The van der Waals surface area contributed by atoms with Crippen molar-refractivity contribution in [3.63, 3.8) is 0 Å². The van der Waals surface area contributed by atoms with Crippen molar-refractivity contribution in [2.24, 2.45) is 28.3 Å². The Balaban J connectivity index is 2.22. The van der Waals surface area contributed by atoms with Crippen molar-refractivity contribution in [1.82, 2.24) is 36.6 Å². The Morgan fingerprint density at radius 1 is 1.02 bits per heavy atom. The Bertz CT molecular complexity index is 1150. The predicted octanol–water partition coefficient (Wildman–Crippen LogP) is -1.13. The summed E-state index contributed by atoms with van der Waals surface area (Å²) in [4.78, 5) is 75.9. The molecule has 2 heterocycles. The molecule has 1 fully saturated rings. The summed E-state index contributed by atoms with van der Waals surface area (Å²) in [6.07, 6.45) is 5.59. The zero-order chi connectivity index (χ0) is 33.5. The Kier molecular flexibility index (Phi) is 15.3. The summed E-state index contributed by atoms with van der Waals surface area (Å²) in [5.41, 5.74) is 11.3. The highest BCUT2D eigenvalue weighted by Crippen LogP contribution is 2.13. The first-order valence-corrected chi connectivity index (χ1v) is 15.5. The maximum absolute atomic E-state index is 13.6. The quantitative estimate of drug-likeness (QED) is 0.0503. The Morgan fingerprint density at radius 3 is 2.24 bits per heavy atom. The van der Waals surface area contributed by atoms with Crippen LogP contribution in [-0.4, -0.2) is 93.9 Å². The first kappa shape index (κ1) is 37.0. The maximum Gasteiger partial charge on any atom is 0.326 e. The highest BCUT2D eigenvalue weighted by Gasteiger charge is 2.34. The summed E-state index contributed by atoms with van der Waals surface area (Å²) in [6, 6.07) is -4.72. The highest BCUT2D eigenvalue weighted by molar-refractivity contribution is 5.95. The van der Waals surface area contributed by atoms with E-state index in [0.29, 0.717) is 25.0 Å². The molecule has 45 heavy (non-hydrogen) atoms. The molecule has 0 spiro atoms. The molecule has 0 unspecified atom stereocenters. The van der Waals surface area contributed by atoms with Crippen molar-refractivity contribution in [3.05, 3.63) is 18.2 Å². The molecule has 1 saturated heterocycles. The average molecular weight is 635 g/mol. The third kappa shape index (κ3) is 12.7. The van der Waals surface area contributed by atoms with E-state index in [-0.39, 0.29) is 55.6 Å². The lowest BCUT2D eigenvalue weighted by molar-refractivity contribution is -0.142. The van der Waals surface area contributed by atoms with Crippen LogP contribution in [0.15, 0.2) is 17.5 Å². The second-order valence-electron chi connectivity index (χ2n) is 11.9. The molecule has 0 bridgehead atoms. The molecule has 6 atom stereocenters. The van der Waals surface area contributed by atoms with E-state index in [1.807, 2.05) is 27.7 Å². The molecule has 252 valence electrons. The second-order valence-corrected chi connectivity index (χ2v) is 11.9. The van der Waals surface area contributed by atoms with E-state index in [0.717, 1.165) is 13.0 Å². The van der Waals surface area contributed by atoms with Gasteiger partial charge in [-0.05, 0) is 50.5 Å². The van der Waals surface area contributed by atoms with Gasteiger partial charge in [-0.15, -0.1) is 0 Å². The van der Waals surface area contributed by atoms with E-state index in [1.165, 1.54) is 12.5 Å². The van der Waals surface area contributed by atoms with Gasteiger partial charge in [0.05, 0.1) is 12.4 Å². The predicted molar refractivity (Wildman–Crippen MR) is 167 cm³/mol. The minimum absolute atomic E-state index is 0.0136. The van der Waals surface area contributed by atoms with E-state index in [1.54, 1.807) is 0 Å². The minimum Gasteiger partial charge on any atom is -0.480 e. The van der Waals surface area contributed by atoms with Gasteiger partial charge in [-0.3, -0.25) is 24.2 Å². The number of aromatic nitrogens is 2. The summed E-state index contributed by atoms with van der Waals surface area (Å²) in [6.45, 7) is 8.44. The fraction of sp³-hybridized carbons (Fsp3) is 0.690. The number of guanidine groups is 1. The molecule has 0 aromatic carbocycles. The van der Waals surface area contributed by atoms with Crippen LogP contribution in [0.5, 0.6) is 0 Å². The number of aromatic amines is 1. The van der Waals surface area contributed by atoms with Crippen LogP contribution < -0.4 is 38.1 Å². The molecule has 1 aromatic rings. The molecular weight excluding hydrogens is 584 g/mol. The third-order valence-corrected chi connectivity index (χ3v) is 7.68. The van der Waals surface area contributed by atoms with Gasteiger partial charge in [-0.2, -0.15) is 0 Å². The monoisotopic (exact) mass is 634 g/mol. The van der Waals surface area contributed by atoms with Crippen molar-refractivity contribution in [2.45, 2.75) is 103 Å². The minimum atomic E-state index is -1.30. The standard InChI is InChI=1S/C29H50N10O6/c1-5-17(4)23(39-24(40)19-8-6-10-33-19)27(43)37-21(12-16(2)3)26(42)36-20(9-7-11-34-29(30)31)25(41)38-22(28(44)45)13-18-14-32-15-35-18/h14-17,19-23,33H,5-13H2,1-4H3,(H,32,35)(H,36,42)(H,37,43)(H,38,41)(H,39,40)(H,44,45)(H4,30,31,34)/t17-,19-,20-,21-,22-,23-/m0/s1. The molecule has 1 aliphatic rings. The summed E-state index contributed by atoms with van der Waals surface area (Å²) in [5.74, 6) is -3.73. The van der Waals surface area contributed by atoms with Gasteiger partial charge in [0.2, 0.25) is 23.6 Å². The van der Waals surface area contributed by atoms with Crippen molar-refractivity contribution in [2.75, 3.05) is 13.1 Å². The number of H-pyrrole nitrogens is 1. The topological polar surface area (TPSA) is 259 Å². The third-order valence-electron chi connectivity index (χ3n) is 7.68. The van der Waals surface area contributed by atoms with Crippen molar-refractivity contribution in [3.8, 4) is 0 Å². The second kappa shape index (κ2) is 18.6. The van der Waals surface area contributed by atoms with Crippen LogP contribution in [0.3, 0.4) is 0 Å². The number of carboxylic acid groups (broad SMARTS) is 1. The van der Waals surface area contributed by atoms with Gasteiger partial charge in [0.15, 0.2) is 5.96 Å². The van der Waals surface area contributed by atoms with E-state index in [4.69, 9.17) is 11.5 Å². The zero-order valence-electron chi connectivity index (χ0n) is 26.6. The number of hydrogen-bond donors (Lipinski definition) is 9. The summed E-state index contributed by atoms with van der Waals surface area (Å²) >= 11 is 0. The van der Waals surface area contributed by atoms with Gasteiger partial charge in [0.1, 0.15) is 24.2 Å². The number of carbonyl (C=O) groups excluding carboxylic acids is 4. The van der Waals surface area contributed by atoms with Gasteiger partial charge < -0.3 is 48.1 Å². The Hall–Kier alpha value is -4.21. The zero-order valence-corrected chi connectivity index (χ0v) is 26.6. The molecule has 1 aromatic heterocycles. The van der Waals surface area contributed by atoms with Crippen LogP contribution in [0.25, 0.3) is 0 Å². The van der Waals surface area contributed by atoms with Gasteiger partial charge in [-0.1, -0.05) is 34.1 Å². The fourth-order valence-electron chi connectivity index (χ4n) is 4.96. The SMILES string of the molecule is CC[C@H](C)[C@H](NC(=O)[C@@H]1CCCN1)C(=O)N[C@@H](CC(C)C)C(=O)N[C@@H](CCCN=C(N)N)C(=O)N[C@@H](Cc1cnc[nH]1)C(=O)O. The van der Waals surface area contributed by atoms with Crippen LogP contribution in [0.2, 0.25) is 0 Å². The molecule has 4 amide bonds. The number of aliphatic imine (C=N–C) groups is 1. The lowest BCUT2D eigenvalue weighted by Crippen LogP contribution is -2.59. The van der Waals surface area contributed by atoms with Crippen LogP contribution in [0, 0.1) is 11.8 Å². The number of nitrogens with two attached hydrogens (primary N) is 2. The van der Waals surface area contributed by atoms with Crippen LogP contribution in [0.1, 0.15) is 71.9 Å². The summed E-state index contributed by atoms with van der Waals surface area (Å²) < 4.78 is 0. The number of hydrogen-bond acceptors (Lipinski definition) is 8.